The molecular weight excluding hydrogens is 604 g/mol. The molecule has 0 aliphatic carbocycles. The first kappa shape index (κ1) is 34.8. The molecule has 0 saturated heterocycles. The molecule has 1 aliphatic heterocycles. The molecule has 47 heavy (non-hydrogen) atoms. The summed E-state index contributed by atoms with van der Waals surface area (Å²) in [6.07, 6.45) is 0.498. The highest BCUT2D eigenvalue weighted by Crippen LogP contribution is 2.11. The van der Waals surface area contributed by atoms with Crippen LogP contribution in [0.15, 0.2) is 71.3 Å². The van der Waals surface area contributed by atoms with Gasteiger partial charge in [0.1, 0.15) is 24.7 Å². The third-order valence-electron chi connectivity index (χ3n) is 7.51. The highest BCUT2D eigenvalue weighted by atomic mass is 16.5. The Bertz CT molecular complexity index is 1510. The number of nitrogens with one attached hydrogen (secondary N) is 4. The second-order valence-corrected chi connectivity index (χ2v) is 11.9. The summed E-state index contributed by atoms with van der Waals surface area (Å²) in [5.74, 6) is -2.34. The van der Waals surface area contributed by atoms with Crippen molar-refractivity contribution in [3.05, 3.63) is 89.3 Å². The number of carbonyl (C=O) groups is 5. The van der Waals surface area contributed by atoms with Crippen molar-refractivity contribution in [1.82, 2.24) is 31.3 Å². The lowest BCUT2D eigenvalue weighted by Gasteiger charge is -2.26. The molecular formula is C34H42N6O7. The first-order chi connectivity index (χ1) is 22.6. The van der Waals surface area contributed by atoms with E-state index in [0.29, 0.717) is 6.42 Å². The SMILES string of the molecule is CC(C)C[C@H]1NC(=O)[C@@H](C)NC(=O)c2cc(on2)CN(C(=O)COCc2ccccc2)CCNC(=O)[C@@H](Cc2ccccc2)NC1=O. The molecule has 0 saturated carbocycles. The summed E-state index contributed by atoms with van der Waals surface area (Å²) < 4.78 is 11.0. The fourth-order valence-corrected chi connectivity index (χ4v) is 5.00. The smallest absolute Gasteiger partial charge is 0.274 e. The molecule has 4 rings (SSSR count). The molecule has 2 aromatic carbocycles. The highest BCUT2D eigenvalue weighted by molar-refractivity contribution is 5.97. The number of benzene rings is 2. The molecule has 5 amide bonds. The summed E-state index contributed by atoms with van der Waals surface area (Å²) in [5.41, 5.74) is 1.65. The average molecular weight is 647 g/mol. The Labute approximate surface area is 273 Å². The summed E-state index contributed by atoms with van der Waals surface area (Å²) in [5, 5.41) is 14.8. The minimum atomic E-state index is -1.02. The van der Waals surface area contributed by atoms with Crippen LogP contribution in [-0.2, 0) is 43.5 Å². The summed E-state index contributed by atoms with van der Waals surface area (Å²) in [6, 6.07) is 17.1. The topological polar surface area (TPSA) is 172 Å². The molecule has 13 heteroatoms. The second kappa shape index (κ2) is 17.0. The van der Waals surface area contributed by atoms with Crippen molar-refractivity contribution >= 4 is 29.5 Å². The zero-order valence-corrected chi connectivity index (χ0v) is 26.9. The number of fused-ring (bicyclic) bond motifs is 2. The Balaban J connectivity index is 1.57. The highest BCUT2D eigenvalue weighted by Gasteiger charge is 2.30. The van der Waals surface area contributed by atoms with E-state index >= 15 is 0 Å². The van der Waals surface area contributed by atoms with Gasteiger partial charge in [0.2, 0.25) is 23.6 Å². The Morgan fingerprint density at radius 2 is 1.57 bits per heavy atom. The van der Waals surface area contributed by atoms with E-state index in [1.807, 2.05) is 74.5 Å². The van der Waals surface area contributed by atoms with Crippen molar-refractivity contribution in [1.29, 1.82) is 0 Å². The number of hydrogen-bond acceptors (Lipinski definition) is 8. The number of rotatable bonds is 8. The number of aromatic nitrogens is 1. The van der Waals surface area contributed by atoms with Gasteiger partial charge in [-0.3, -0.25) is 24.0 Å². The fraction of sp³-hybridized carbons (Fsp3) is 0.412. The maximum atomic E-state index is 13.6. The summed E-state index contributed by atoms with van der Waals surface area (Å²) >= 11 is 0. The van der Waals surface area contributed by atoms with Gasteiger partial charge in [0.15, 0.2) is 11.5 Å². The van der Waals surface area contributed by atoms with Crippen LogP contribution in [0, 0.1) is 5.92 Å². The van der Waals surface area contributed by atoms with Gasteiger partial charge in [-0.1, -0.05) is 79.7 Å². The van der Waals surface area contributed by atoms with E-state index in [1.54, 1.807) is 0 Å². The van der Waals surface area contributed by atoms with Crippen LogP contribution in [0.5, 0.6) is 0 Å². The Morgan fingerprint density at radius 1 is 0.915 bits per heavy atom. The molecule has 4 N–H and O–H groups in total. The lowest BCUT2D eigenvalue weighted by atomic mass is 10.0. The van der Waals surface area contributed by atoms with Crippen LogP contribution >= 0.6 is 0 Å². The van der Waals surface area contributed by atoms with Crippen LogP contribution in [0.3, 0.4) is 0 Å². The first-order valence-electron chi connectivity index (χ1n) is 15.7. The van der Waals surface area contributed by atoms with Crippen LogP contribution in [0.4, 0.5) is 0 Å². The van der Waals surface area contributed by atoms with Crippen molar-refractivity contribution in [3.8, 4) is 0 Å². The minimum Gasteiger partial charge on any atom is -0.367 e. The molecule has 0 fully saturated rings. The Kier molecular flexibility index (Phi) is 12.6. The van der Waals surface area contributed by atoms with Crippen LogP contribution in [0.2, 0.25) is 0 Å². The van der Waals surface area contributed by atoms with E-state index in [4.69, 9.17) is 9.26 Å². The van der Waals surface area contributed by atoms with Crippen molar-refractivity contribution in [2.45, 2.75) is 64.9 Å². The average Bonchev–Trinajstić information content (AvgIpc) is 3.52. The van der Waals surface area contributed by atoms with Crippen LogP contribution < -0.4 is 21.3 Å². The molecule has 3 atom stereocenters. The monoisotopic (exact) mass is 646 g/mol. The second-order valence-electron chi connectivity index (χ2n) is 11.9. The predicted molar refractivity (Wildman–Crippen MR) is 171 cm³/mol. The number of amides is 5. The van der Waals surface area contributed by atoms with Gasteiger partial charge in [-0.05, 0) is 30.4 Å². The van der Waals surface area contributed by atoms with Crippen LogP contribution in [-0.4, -0.2) is 77.4 Å². The van der Waals surface area contributed by atoms with Gasteiger partial charge in [-0.15, -0.1) is 0 Å². The van der Waals surface area contributed by atoms with E-state index < -0.39 is 41.8 Å². The van der Waals surface area contributed by atoms with E-state index in [1.165, 1.54) is 17.9 Å². The van der Waals surface area contributed by atoms with Crippen molar-refractivity contribution in [2.24, 2.45) is 5.92 Å². The molecule has 0 spiro atoms. The molecule has 1 aromatic heterocycles. The maximum absolute atomic E-state index is 13.6. The lowest BCUT2D eigenvalue weighted by Crippen LogP contribution is -2.57. The first-order valence-corrected chi connectivity index (χ1v) is 15.7. The van der Waals surface area contributed by atoms with E-state index in [-0.39, 0.29) is 62.5 Å². The maximum Gasteiger partial charge on any atom is 0.274 e. The van der Waals surface area contributed by atoms with Gasteiger partial charge < -0.3 is 35.4 Å². The van der Waals surface area contributed by atoms with Crippen molar-refractivity contribution in [2.75, 3.05) is 19.7 Å². The molecule has 1 aliphatic rings. The molecule has 3 aromatic rings. The third-order valence-corrected chi connectivity index (χ3v) is 7.51. The summed E-state index contributed by atoms with van der Waals surface area (Å²) in [7, 11) is 0. The van der Waals surface area contributed by atoms with Crippen LogP contribution in [0.25, 0.3) is 0 Å². The quantitative estimate of drug-likeness (QED) is 0.287. The van der Waals surface area contributed by atoms with E-state index in [0.717, 1.165) is 11.1 Å². The molecule has 0 unspecified atom stereocenters. The lowest BCUT2D eigenvalue weighted by molar-refractivity contribution is -0.138. The number of carbonyl (C=O) groups excluding carboxylic acids is 5. The van der Waals surface area contributed by atoms with Crippen LogP contribution in [0.1, 0.15) is 54.6 Å². The number of nitrogens with zero attached hydrogens (tertiary/aromatic N) is 2. The minimum absolute atomic E-state index is 0.0314. The third kappa shape index (κ3) is 10.8. The Morgan fingerprint density at radius 3 is 2.26 bits per heavy atom. The number of hydrogen-bond donors (Lipinski definition) is 4. The van der Waals surface area contributed by atoms with Gasteiger partial charge >= 0.3 is 0 Å². The van der Waals surface area contributed by atoms with E-state index in [9.17, 15) is 24.0 Å². The zero-order valence-electron chi connectivity index (χ0n) is 26.9. The molecule has 13 nitrogen and oxygen atoms in total. The van der Waals surface area contributed by atoms with Gasteiger partial charge in [-0.25, -0.2) is 0 Å². The number of ether oxygens (including phenoxy) is 1. The van der Waals surface area contributed by atoms with Gasteiger partial charge in [-0.2, -0.15) is 0 Å². The van der Waals surface area contributed by atoms with Crippen molar-refractivity contribution < 1.29 is 33.2 Å². The van der Waals surface area contributed by atoms with Gasteiger partial charge in [0.25, 0.3) is 5.91 Å². The zero-order chi connectivity index (χ0) is 33.8. The Hall–Kier alpha value is -5.04. The van der Waals surface area contributed by atoms with Gasteiger partial charge in [0.05, 0.1) is 13.2 Å². The predicted octanol–water partition coefficient (Wildman–Crippen LogP) is 1.73. The van der Waals surface area contributed by atoms with E-state index in [2.05, 4.69) is 26.4 Å². The summed E-state index contributed by atoms with van der Waals surface area (Å²) in [4.78, 5) is 67.8. The van der Waals surface area contributed by atoms with Crippen molar-refractivity contribution in [3.63, 3.8) is 0 Å². The molecule has 250 valence electrons. The fourth-order valence-electron chi connectivity index (χ4n) is 5.00. The normalized spacial score (nSPS) is 20.0. The van der Waals surface area contributed by atoms with Gasteiger partial charge in [0, 0.05) is 25.6 Å². The standard InChI is InChI=1S/C34H42N6O7/c1-22(2)16-27-33(44)38-28(17-24-10-6-4-7-11-24)32(43)35-14-15-40(30(41)21-46-20-25-12-8-5-9-13-25)19-26-18-29(39-47-26)34(45)36-23(3)31(42)37-27/h4-13,18,22-23,27-28H,14-17,19-21H2,1-3H3,(H,35,43)(H,36,45)(H,37,42)(H,38,44)/t23-,27-,28-/m1/s1. The molecule has 2 heterocycles. The molecule has 2 bridgehead atoms. The summed E-state index contributed by atoms with van der Waals surface area (Å²) in [6.45, 7) is 5.37. The largest absolute Gasteiger partial charge is 0.367 e. The molecule has 0 radical (unpaired) electrons.